The highest BCUT2D eigenvalue weighted by Gasteiger charge is 2.26. The Labute approximate surface area is 179 Å². The minimum Gasteiger partial charge on any atom is -0.497 e. The molecule has 2 rings (SSSR count). The molecule has 3 heteroatoms. The maximum atomic E-state index is 5.51. The predicted octanol–water partition coefficient (Wildman–Crippen LogP) is 5.91. The molecular weight excluding hydrogens is 355 g/mol. The summed E-state index contributed by atoms with van der Waals surface area (Å²) in [6, 6.07) is 8.74. The fourth-order valence-corrected chi connectivity index (χ4v) is 4.77. The third-order valence-corrected chi connectivity index (χ3v) is 6.15. The van der Waals surface area contributed by atoms with Gasteiger partial charge in [0.05, 0.1) is 14.2 Å². The topological polar surface area (TPSA) is 18.5 Å². The predicted molar refractivity (Wildman–Crippen MR) is 128 cm³/mol. The monoisotopic (exact) mass is 394 g/mol. The van der Waals surface area contributed by atoms with Crippen LogP contribution in [0.4, 0.5) is 0 Å². The van der Waals surface area contributed by atoms with Crippen LogP contribution < -0.4 is 20.4 Å². The maximum absolute atomic E-state index is 5.51. The number of hydrogen-bond acceptors (Lipinski definition) is 2. The molecule has 0 bridgehead atoms. The Balaban J connectivity index is 2.40. The van der Waals surface area contributed by atoms with Gasteiger partial charge in [-0.1, -0.05) is 84.9 Å². The second-order valence-corrected chi connectivity index (χ2v) is 8.46. The quantitative estimate of drug-likeness (QED) is 0.349. The Kier molecular flexibility index (Phi) is 9.14. The largest absolute Gasteiger partial charge is 0.497 e. The van der Waals surface area contributed by atoms with Gasteiger partial charge in [-0.2, -0.15) is 0 Å². The van der Waals surface area contributed by atoms with Gasteiger partial charge in [0, 0.05) is 0 Å². The summed E-state index contributed by atoms with van der Waals surface area (Å²) in [7, 11) is 3.50. The summed E-state index contributed by atoms with van der Waals surface area (Å²) >= 11 is 0. The molecule has 0 saturated carbocycles. The Morgan fingerprint density at radius 2 is 1.00 bits per heavy atom. The molecule has 0 amide bonds. The van der Waals surface area contributed by atoms with Gasteiger partial charge in [-0.25, -0.2) is 0 Å². The van der Waals surface area contributed by atoms with Crippen molar-refractivity contribution in [3.05, 3.63) is 46.5 Å². The van der Waals surface area contributed by atoms with Crippen molar-refractivity contribution in [1.82, 2.24) is 0 Å². The summed E-state index contributed by atoms with van der Waals surface area (Å²) < 4.78 is 11.0. The van der Waals surface area contributed by atoms with E-state index in [0.29, 0.717) is 6.71 Å². The molecule has 0 aliphatic rings. The second kappa shape index (κ2) is 11.3. The van der Waals surface area contributed by atoms with Crippen LogP contribution in [-0.4, -0.2) is 20.9 Å². The SMILES string of the molecule is CCCCCCCCB(c1c(C)cc(OC)cc1C)c1c(C)cc(OC)cc1C. The van der Waals surface area contributed by atoms with Crippen LogP contribution in [0.2, 0.25) is 6.32 Å². The number of aryl methyl sites for hydroxylation is 4. The smallest absolute Gasteiger partial charge is 0.210 e. The van der Waals surface area contributed by atoms with Crippen LogP contribution in [0.3, 0.4) is 0 Å². The van der Waals surface area contributed by atoms with Crippen molar-refractivity contribution in [3.8, 4) is 11.5 Å². The van der Waals surface area contributed by atoms with Gasteiger partial charge < -0.3 is 9.47 Å². The average molecular weight is 394 g/mol. The van der Waals surface area contributed by atoms with Crippen molar-refractivity contribution in [3.63, 3.8) is 0 Å². The number of unbranched alkanes of at least 4 members (excludes halogenated alkanes) is 5. The van der Waals surface area contributed by atoms with Crippen molar-refractivity contribution < 1.29 is 9.47 Å². The van der Waals surface area contributed by atoms with Gasteiger partial charge in [-0.15, -0.1) is 0 Å². The Morgan fingerprint density at radius 3 is 1.38 bits per heavy atom. The summed E-state index contributed by atoms with van der Waals surface area (Å²) in [4.78, 5) is 0. The lowest BCUT2D eigenvalue weighted by Gasteiger charge is -2.24. The van der Waals surface area contributed by atoms with E-state index in [1.165, 1.54) is 78.0 Å². The van der Waals surface area contributed by atoms with Crippen LogP contribution in [0.25, 0.3) is 0 Å². The zero-order chi connectivity index (χ0) is 21.4. The molecule has 0 radical (unpaired) electrons. The number of hydrogen-bond donors (Lipinski definition) is 0. The lowest BCUT2D eigenvalue weighted by Crippen LogP contribution is -2.47. The van der Waals surface area contributed by atoms with Crippen molar-refractivity contribution in [2.75, 3.05) is 14.2 Å². The molecule has 0 heterocycles. The summed E-state index contributed by atoms with van der Waals surface area (Å²) in [5.41, 5.74) is 8.24. The maximum Gasteiger partial charge on any atom is 0.210 e. The van der Waals surface area contributed by atoms with Crippen LogP contribution in [-0.2, 0) is 0 Å². The van der Waals surface area contributed by atoms with E-state index in [2.05, 4.69) is 58.9 Å². The molecule has 158 valence electrons. The van der Waals surface area contributed by atoms with Crippen molar-refractivity contribution in [1.29, 1.82) is 0 Å². The van der Waals surface area contributed by atoms with E-state index in [0.717, 1.165) is 11.5 Å². The van der Waals surface area contributed by atoms with Gasteiger partial charge in [-0.05, 0) is 52.0 Å². The number of methoxy groups -OCH3 is 2. The standard InChI is InChI=1S/C26H39BO2/c1-8-9-10-11-12-13-14-27(25-19(2)15-23(28-6)16-20(25)3)26-21(4)17-24(29-7)18-22(26)5/h15-18H,8-14H2,1-7H3. The molecule has 2 nitrogen and oxygen atoms in total. The molecule has 0 spiro atoms. The van der Waals surface area contributed by atoms with E-state index in [-0.39, 0.29) is 0 Å². The number of ether oxygens (including phenoxy) is 2. The number of rotatable bonds is 11. The zero-order valence-electron chi connectivity index (χ0n) is 19.7. The molecule has 0 aromatic heterocycles. The third kappa shape index (κ3) is 6.04. The summed E-state index contributed by atoms with van der Waals surface area (Å²) in [6.07, 6.45) is 9.15. The fraction of sp³-hybridized carbons (Fsp3) is 0.538. The molecule has 0 aliphatic carbocycles. The lowest BCUT2D eigenvalue weighted by molar-refractivity contribution is 0.414. The van der Waals surface area contributed by atoms with Crippen molar-refractivity contribution in [2.24, 2.45) is 0 Å². The molecule has 2 aromatic carbocycles. The Bertz CT molecular complexity index is 692. The first kappa shape index (κ1) is 23.4. The van der Waals surface area contributed by atoms with Crippen LogP contribution >= 0.6 is 0 Å². The second-order valence-electron chi connectivity index (χ2n) is 8.46. The molecule has 0 unspecified atom stereocenters. The zero-order valence-corrected chi connectivity index (χ0v) is 19.7. The highest BCUT2D eigenvalue weighted by atomic mass is 16.5. The first-order valence-electron chi connectivity index (χ1n) is 11.2. The van der Waals surface area contributed by atoms with Crippen LogP contribution in [0.15, 0.2) is 24.3 Å². The molecule has 0 aliphatic heterocycles. The highest BCUT2D eigenvalue weighted by Crippen LogP contribution is 2.21. The Morgan fingerprint density at radius 1 is 0.621 bits per heavy atom. The van der Waals surface area contributed by atoms with Crippen LogP contribution in [0.5, 0.6) is 11.5 Å². The highest BCUT2D eigenvalue weighted by molar-refractivity contribution is 6.86. The molecule has 2 aromatic rings. The first-order valence-corrected chi connectivity index (χ1v) is 11.2. The minimum atomic E-state index is 0.415. The van der Waals surface area contributed by atoms with Crippen molar-refractivity contribution in [2.45, 2.75) is 79.5 Å². The molecular formula is C26H39BO2. The normalized spacial score (nSPS) is 10.9. The van der Waals surface area contributed by atoms with Gasteiger partial charge in [0.2, 0.25) is 6.71 Å². The van der Waals surface area contributed by atoms with Gasteiger partial charge in [0.25, 0.3) is 0 Å². The van der Waals surface area contributed by atoms with Gasteiger partial charge in [-0.3, -0.25) is 0 Å². The van der Waals surface area contributed by atoms with Gasteiger partial charge in [0.15, 0.2) is 0 Å². The van der Waals surface area contributed by atoms with E-state index in [1.54, 1.807) is 14.2 Å². The number of benzene rings is 2. The van der Waals surface area contributed by atoms with Gasteiger partial charge >= 0.3 is 0 Å². The van der Waals surface area contributed by atoms with E-state index in [4.69, 9.17) is 9.47 Å². The third-order valence-electron chi connectivity index (χ3n) is 6.15. The molecule has 0 N–H and O–H groups in total. The molecule has 0 saturated heterocycles. The Hall–Kier alpha value is -1.90. The fourth-order valence-electron chi connectivity index (χ4n) is 4.77. The molecule has 29 heavy (non-hydrogen) atoms. The van der Waals surface area contributed by atoms with E-state index in [1.807, 2.05) is 0 Å². The first-order chi connectivity index (χ1) is 13.9. The van der Waals surface area contributed by atoms with E-state index >= 15 is 0 Å². The van der Waals surface area contributed by atoms with E-state index < -0.39 is 0 Å². The average Bonchev–Trinajstić information content (AvgIpc) is 2.68. The van der Waals surface area contributed by atoms with Gasteiger partial charge in [0.1, 0.15) is 11.5 Å². The van der Waals surface area contributed by atoms with Crippen LogP contribution in [0.1, 0.15) is 67.7 Å². The van der Waals surface area contributed by atoms with E-state index in [9.17, 15) is 0 Å². The summed E-state index contributed by atoms with van der Waals surface area (Å²) in [5.74, 6) is 1.90. The minimum absolute atomic E-state index is 0.415. The molecule has 0 fully saturated rings. The van der Waals surface area contributed by atoms with Crippen LogP contribution in [0, 0.1) is 27.7 Å². The lowest BCUT2D eigenvalue weighted by atomic mass is 9.35. The van der Waals surface area contributed by atoms with Crippen molar-refractivity contribution >= 4 is 17.6 Å². The molecule has 0 atom stereocenters. The summed E-state index contributed by atoms with van der Waals surface area (Å²) in [5, 5.41) is 0. The summed E-state index contributed by atoms with van der Waals surface area (Å²) in [6.45, 7) is 11.6.